The van der Waals surface area contributed by atoms with Crippen LogP contribution in [0.4, 0.5) is 11.4 Å². The third-order valence-corrected chi connectivity index (χ3v) is 6.13. The number of nitrogens with one attached hydrogen (secondary N) is 1. The lowest BCUT2D eigenvalue weighted by molar-refractivity contribution is -0.121. The van der Waals surface area contributed by atoms with Gasteiger partial charge in [-0.05, 0) is 60.6 Å². The molecule has 0 saturated carbocycles. The van der Waals surface area contributed by atoms with Gasteiger partial charge in [-0.15, -0.1) is 0 Å². The number of aryl methyl sites for hydroxylation is 1. The van der Waals surface area contributed by atoms with Crippen LogP contribution in [0.25, 0.3) is 5.57 Å². The normalized spacial score (nSPS) is 19.0. The number of hydrogen-bond donors (Lipinski definition) is 1. The summed E-state index contributed by atoms with van der Waals surface area (Å²) in [6.45, 7) is 7.21. The number of benzene rings is 2. The number of carbonyl (C=O) groups excluding carboxylic acids is 3. The van der Waals surface area contributed by atoms with Crippen molar-refractivity contribution in [3.05, 3.63) is 65.4 Å². The Bertz CT molecular complexity index is 1070. The Labute approximate surface area is 188 Å². The van der Waals surface area contributed by atoms with Gasteiger partial charge >= 0.3 is 0 Å². The van der Waals surface area contributed by atoms with Crippen molar-refractivity contribution >= 4 is 34.7 Å². The molecule has 0 aromatic heterocycles. The van der Waals surface area contributed by atoms with Gasteiger partial charge in [0.05, 0.1) is 11.3 Å². The topological polar surface area (TPSA) is 69.7 Å². The van der Waals surface area contributed by atoms with E-state index in [1.165, 1.54) is 11.8 Å². The van der Waals surface area contributed by atoms with Crippen LogP contribution in [0, 0.1) is 5.92 Å². The van der Waals surface area contributed by atoms with E-state index in [4.69, 9.17) is 0 Å². The Balaban J connectivity index is 1.76. The molecule has 0 bridgehead atoms. The van der Waals surface area contributed by atoms with Crippen LogP contribution in [0.1, 0.15) is 44.7 Å². The van der Waals surface area contributed by atoms with E-state index in [0.29, 0.717) is 34.1 Å². The zero-order valence-corrected chi connectivity index (χ0v) is 18.9. The maximum atomic E-state index is 13.6. The zero-order valence-electron chi connectivity index (χ0n) is 18.9. The lowest BCUT2D eigenvalue weighted by Gasteiger charge is -2.33. The van der Waals surface area contributed by atoms with E-state index in [2.05, 4.69) is 24.1 Å². The van der Waals surface area contributed by atoms with E-state index in [-0.39, 0.29) is 17.7 Å². The molecular weight excluding hydrogens is 402 g/mol. The largest absolute Gasteiger partial charge is 0.366 e. The van der Waals surface area contributed by atoms with Crippen LogP contribution in [0.3, 0.4) is 0 Å². The summed E-state index contributed by atoms with van der Waals surface area (Å²) in [5.41, 5.74) is 3.98. The quantitative estimate of drug-likeness (QED) is 0.720. The standard InChI is InChI=1S/C26H29N3O3/c1-4-19-7-13-22(14-8-19)29-25(31)23(20-9-11-21(12-10-20)27-18(3)30)24(26(29)32)28-15-5-6-17(2)16-28/h7-14,17H,4-6,15-16H2,1-3H3,(H,27,30). The van der Waals surface area contributed by atoms with Gasteiger partial charge in [0.2, 0.25) is 5.91 Å². The Hall–Kier alpha value is -3.41. The monoisotopic (exact) mass is 431 g/mol. The smallest absolute Gasteiger partial charge is 0.282 e. The molecule has 1 fully saturated rings. The molecule has 1 N–H and O–H groups in total. The lowest BCUT2D eigenvalue weighted by Crippen LogP contribution is -2.39. The summed E-state index contributed by atoms with van der Waals surface area (Å²) < 4.78 is 0. The fourth-order valence-electron chi connectivity index (χ4n) is 4.50. The van der Waals surface area contributed by atoms with Gasteiger partial charge < -0.3 is 10.2 Å². The van der Waals surface area contributed by atoms with Gasteiger partial charge in [0, 0.05) is 25.7 Å². The van der Waals surface area contributed by atoms with Crippen molar-refractivity contribution in [3.63, 3.8) is 0 Å². The molecule has 0 aliphatic carbocycles. The first-order valence-electron chi connectivity index (χ1n) is 11.2. The summed E-state index contributed by atoms with van der Waals surface area (Å²) in [6.07, 6.45) is 3.00. The number of carbonyl (C=O) groups is 3. The molecule has 2 aliphatic rings. The van der Waals surface area contributed by atoms with E-state index in [9.17, 15) is 14.4 Å². The van der Waals surface area contributed by atoms with Gasteiger partial charge in [0.1, 0.15) is 5.70 Å². The Morgan fingerprint density at radius 1 is 1.03 bits per heavy atom. The molecule has 2 heterocycles. The maximum absolute atomic E-state index is 13.6. The number of nitrogens with zero attached hydrogens (tertiary/aromatic N) is 2. The fourth-order valence-corrected chi connectivity index (χ4v) is 4.50. The zero-order chi connectivity index (χ0) is 22.8. The molecule has 2 aromatic rings. The molecule has 1 atom stereocenters. The maximum Gasteiger partial charge on any atom is 0.282 e. The SMILES string of the molecule is CCc1ccc(N2C(=O)C(c3ccc(NC(C)=O)cc3)=C(N3CCCC(C)C3)C2=O)cc1. The summed E-state index contributed by atoms with van der Waals surface area (Å²) in [5, 5.41) is 2.74. The van der Waals surface area contributed by atoms with Crippen LogP contribution in [-0.4, -0.2) is 35.7 Å². The average Bonchev–Trinajstić information content (AvgIpc) is 3.04. The summed E-state index contributed by atoms with van der Waals surface area (Å²) in [7, 11) is 0. The number of hydrogen-bond acceptors (Lipinski definition) is 4. The fraction of sp³-hybridized carbons (Fsp3) is 0.346. The first kappa shape index (κ1) is 21.8. The molecule has 2 aromatic carbocycles. The molecule has 6 heteroatoms. The van der Waals surface area contributed by atoms with E-state index < -0.39 is 0 Å². The minimum Gasteiger partial charge on any atom is -0.366 e. The number of piperidine rings is 1. The van der Waals surface area contributed by atoms with Gasteiger partial charge in [-0.25, -0.2) is 4.90 Å². The second kappa shape index (κ2) is 8.99. The third-order valence-electron chi connectivity index (χ3n) is 6.13. The van der Waals surface area contributed by atoms with Crippen molar-refractivity contribution in [2.75, 3.05) is 23.3 Å². The summed E-state index contributed by atoms with van der Waals surface area (Å²) in [6, 6.07) is 14.7. The molecule has 0 radical (unpaired) electrons. The van der Waals surface area contributed by atoms with Gasteiger partial charge in [-0.1, -0.05) is 38.1 Å². The minimum absolute atomic E-state index is 0.159. The molecule has 0 spiro atoms. The van der Waals surface area contributed by atoms with E-state index in [0.717, 1.165) is 37.9 Å². The van der Waals surface area contributed by atoms with Crippen molar-refractivity contribution in [1.82, 2.24) is 4.90 Å². The predicted molar refractivity (Wildman–Crippen MR) is 126 cm³/mol. The molecule has 6 nitrogen and oxygen atoms in total. The van der Waals surface area contributed by atoms with Crippen molar-refractivity contribution in [2.45, 2.75) is 40.0 Å². The second-order valence-electron chi connectivity index (χ2n) is 8.64. The molecule has 32 heavy (non-hydrogen) atoms. The molecule has 2 aliphatic heterocycles. The highest BCUT2D eigenvalue weighted by atomic mass is 16.2. The van der Waals surface area contributed by atoms with Gasteiger partial charge in [-0.3, -0.25) is 14.4 Å². The van der Waals surface area contributed by atoms with Crippen LogP contribution >= 0.6 is 0 Å². The van der Waals surface area contributed by atoms with Crippen LogP contribution in [0.2, 0.25) is 0 Å². The highest BCUT2D eigenvalue weighted by Crippen LogP contribution is 2.36. The summed E-state index contributed by atoms with van der Waals surface area (Å²) in [4.78, 5) is 42.0. The van der Waals surface area contributed by atoms with Crippen LogP contribution < -0.4 is 10.2 Å². The molecule has 166 valence electrons. The Morgan fingerprint density at radius 3 is 2.31 bits per heavy atom. The van der Waals surface area contributed by atoms with Gasteiger partial charge in [-0.2, -0.15) is 0 Å². The highest BCUT2D eigenvalue weighted by molar-refractivity contribution is 6.45. The van der Waals surface area contributed by atoms with E-state index in [1.807, 2.05) is 24.3 Å². The molecule has 3 amide bonds. The van der Waals surface area contributed by atoms with Gasteiger partial charge in [0.25, 0.3) is 11.8 Å². The van der Waals surface area contributed by atoms with E-state index >= 15 is 0 Å². The van der Waals surface area contributed by atoms with Crippen molar-refractivity contribution in [2.24, 2.45) is 5.92 Å². The summed E-state index contributed by atoms with van der Waals surface area (Å²) >= 11 is 0. The first-order chi connectivity index (χ1) is 15.4. The predicted octanol–water partition coefficient (Wildman–Crippen LogP) is 4.22. The van der Waals surface area contributed by atoms with Gasteiger partial charge in [0.15, 0.2) is 0 Å². The number of anilines is 2. The molecule has 4 rings (SSSR count). The van der Waals surface area contributed by atoms with Crippen molar-refractivity contribution < 1.29 is 14.4 Å². The second-order valence-corrected chi connectivity index (χ2v) is 8.64. The molecular formula is C26H29N3O3. The number of rotatable bonds is 5. The summed E-state index contributed by atoms with van der Waals surface area (Å²) in [5.74, 6) is -0.275. The minimum atomic E-state index is -0.306. The van der Waals surface area contributed by atoms with Crippen molar-refractivity contribution in [1.29, 1.82) is 0 Å². The van der Waals surface area contributed by atoms with Crippen LogP contribution in [-0.2, 0) is 20.8 Å². The Kier molecular flexibility index (Phi) is 6.12. The van der Waals surface area contributed by atoms with Crippen LogP contribution in [0.15, 0.2) is 54.2 Å². The highest BCUT2D eigenvalue weighted by Gasteiger charge is 2.43. The van der Waals surface area contributed by atoms with Crippen molar-refractivity contribution in [3.8, 4) is 0 Å². The number of amides is 3. The van der Waals surface area contributed by atoms with E-state index in [1.54, 1.807) is 24.3 Å². The molecule has 1 unspecified atom stereocenters. The Morgan fingerprint density at radius 2 is 1.72 bits per heavy atom. The number of likely N-dealkylation sites (tertiary alicyclic amines) is 1. The molecule has 1 saturated heterocycles. The number of imide groups is 1. The first-order valence-corrected chi connectivity index (χ1v) is 11.2. The van der Waals surface area contributed by atoms with Crippen LogP contribution in [0.5, 0.6) is 0 Å². The average molecular weight is 432 g/mol. The lowest BCUT2D eigenvalue weighted by atomic mass is 9.97. The third kappa shape index (κ3) is 4.17.